The van der Waals surface area contributed by atoms with Gasteiger partial charge in [-0.3, -0.25) is 4.79 Å². The largest absolute Gasteiger partial charge is 0.512 e. The summed E-state index contributed by atoms with van der Waals surface area (Å²) in [4.78, 5) is 20.3. The molecule has 13 aromatic carbocycles. The van der Waals surface area contributed by atoms with Gasteiger partial charge < -0.3 is 19.9 Å². The van der Waals surface area contributed by atoms with Gasteiger partial charge in [-0.25, -0.2) is 0 Å². The fraction of sp³-hybridized carbons (Fsp3) is 0.148. The molecule has 0 saturated carbocycles. The first-order chi connectivity index (χ1) is 54.9. The Morgan fingerprint density at radius 1 is 0.383 bits per heavy atom. The van der Waals surface area contributed by atoms with E-state index in [0.717, 1.165) is 61.9 Å². The Bertz CT molecular complexity index is 5590. The molecule has 1 N–H and O–H groups in total. The number of benzene rings is 13. The van der Waals surface area contributed by atoms with Crippen LogP contribution >= 0.6 is 0 Å². The van der Waals surface area contributed by atoms with Crippen molar-refractivity contribution in [3.63, 3.8) is 0 Å². The Morgan fingerprint density at radius 2 is 0.783 bits per heavy atom. The summed E-state index contributed by atoms with van der Waals surface area (Å²) in [5.41, 5.74) is 43.1. The minimum atomic E-state index is -0.0960. The first-order valence-corrected chi connectivity index (χ1v) is 39.2. The molecule has 14 rings (SSSR count). The number of pyridine rings is 1. The maximum atomic E-state index is 11.3. The van der Waals surface area contributed by atoms with Crippen LogP contribution in [0.25, 0.3) is 62.9 Å². The number of nitrogens with zero attached hydrogens (tertiary/aromatic N) is 3. The van der Waals surface area contributed by atoms with Gasteiger partial charge in [0.2, 0.25) is 6.71 Å². The Labute approximate surface area is 699 Å². The van der Waals surface area contributed by atoms with Gasteiger partial charge in [0.05, 0.1) is 5.76 Å². The van der Waals surface area contributed by atoms with Crippen molar-refractivity contribution < 1.29 is 30.0 Å². The molecule has 577 valence electrons. The van der Waals surface area contributed by atoms with Gasteiger partial charge in [0.25, 0.3) is 0 Å². The quantitative estimate of drug-likeness (QED) is 0.0378. The zero-order valence-electron chi connectivity index (χ0n) is 69.4. The predicted molar refractivity (Wildman–Crippen MR) is 493 cm³/mol. The standard InChI is InChI=1S/C50H46N2.C34H37B.C13H14O2.C11H8N.Ir/c1-8-40-18-20-41(21-19-40)48-25-24-47(33-37(48)5)52(46-17-11-14-36(4)30-46)50-27-23-43(32-39(50)7)42-22-26-49(38(6)31-42)51(44-15-9-12-34(2)28-44)45-16-10-13-35(3)29-45;1-10-29-11-13-30(14-12-29)31-19-27(8)34(28(9)20-31)35(32-23(4)15-21(2)16-24(32)5)33-25(6)17-22(3)18-26(33)7;1-3-11-4-6-12(7-5-11)9-13(15)8-10(2)14;1-2-6-10(7-3-1)11-8-4-5-9-12-11;/h8-33H,1H2,2-7H3;10-20H,1H2,2-9H3;3-8,14H,1,9H2,2H3;1-6,8-9H;/q;;;-1;. The van der Waals surface area contributed by atoms with Crippen molar-refractivity contribution in [2.45, 2.75) is 110 Å². The molecule has 14 aromatic rings. The second-order valence-electron chi connectivity index (χ2n) is 30.3. The molecule has 0 spiro atoms. The molecule has 1 aromatic heterocycles. The molecule has 0 bridgehead atoms. The van der Waals surface area contributed by atoms with Crippen LogP contribution in [0.3, 0.4) is 0 Å². The molecule has 7 heteroatoms. The maximum absolute atomic E-state index is 11.3. The summed E-state index contributed by atoms with van der Waals surface area (Å²) in [5.74, 6) is -0.0518. The van der Waals surface area contributed by atoms with E-state index in [9.17, 15) is 4.79 Å². The van der Waals surface area contributed by atoms with Crippen LogP contribution in [-0.2, 0) is 31.3 Å². The second kappa shape index (κ2) is 39.5. The molecule has 5 nitrogen and oxygen atoms in total. The summed E-state index contributed by atoms with van der Waals surface area (Å²) in [7, 11) is 0. The molecule has 0 aliphatic carbocycles. The van der Waals surface area contributed by atoms with Crippen molar-refractivity contribution in [1.82, 2.24) is 4.98 Å². The van der Waals surface area contributed by atoms with E-state index in [1.807, 2.05) is 78.9 Å². The van der Waals surface area contributed by atoms with Crippen molar-refractivity contribution >= 4 is 81.2 Å². The molecule has 1 radical (unpaired) electrons. The van der Waals surface area contributed by atoms with E-state index in [2.05, 4.69) is 350 Å². The first kappa shape index (κ1) is 85.2. The number of carbonyl (C=O) groups is 1. The fourth-order valence-corrected chi connectivity index (χ4v) is 15.7. The van der Waals surface area contributed by atoms with Crippen molar-refractivity contribution in [3.05, 3.63) is 423 Å². The summed E-state index contributed by atoms with van der Waals surface area (Å²) in [6.07, 6.45) is 8.87. The van der Waals surface area contributed by atoms with Crippen LogP contribution in [0.5, 0.6) is 0 Å². The number of allylic oxidation sites excluding steroid dienone is 2. The molecule has 1 heterocycles. The third-order valence-corrected chi connectivity index (χ3v) is 20.9. The van der Waals surface area contributed by atoms with Crippen molar-refractivity contribution in [1.29, 1.82) is 0 Å². The van der Waals surface area contributed by atoms with Crippen LogP contribution in [0, 0.1) is 103 Å². The van der Waals surface area contributed by atoms with Crippen molar-refractivity contribution in [2.75, 3.05) is 9.80 Å². The van der Waals surface area contributed by atoms with E-state index in [0.29, 0.717) is 6.42 Å². The summed E-state index contributed by atoms with van der Waals surface area (Å²) in [5, 5.41) is 8.91. The number of hydrogen-bond acceptors (Lipinski definition) is 5. The summed E-state index contributed by atoms with van der Waals surface area (Å²) >= 11 is 0. The number of ketones is 1. The van der Waals surface area contributed by atoms with E-state index >= 15 is 0 Å². The smallest absolute Gasteiger partial charge is 0.243 e. The number of anilines is 6. The number of aryl methyl sites for hydroxylation is 14. The summed E-state index contributed by atoms with van der Waals surface area (Å²) in [6.45, 7) is 44.3. The molecule has 0 unspecified atom stereocenters. The monoisotopic (exact) mass is 1680 g/mol. The molecule has 0 aliphatic rings. The van der Waals surface area contributed by atoms with Gasteiger partial charge in [-0.05, 0) is 277 Å². The number of hydrogen-bond donors (Lipinski definition) is 1. The van der Waals surface area contributed by atoms with Crippen LogP contribution in [0.15, 0.2) is 317 Å². The molecule has 0 aliphatic heterocycles. The van der Waals surface area contributed by atoms with Gasteiger partial charge in [-0.15, -0.1) is 35.9 Å². The van der Waals surface area contributed by atoms with Crippen LogP contribution < -0.4 is 26.2 Å². The van der Waals surface area contributed by atoms with E-state index in [1.54, 1.807) is 12.3 Å². The predicted octanol–water partition coefficient (Wildman–Crippen LogP) is 26.9. The normalized spacial score (nSPS) is 10.8. The zero-order valence-corrected chi connectivity index (χ0v) is 71.8. The average molecular weight is 1680 g/mol. The summed E-state index contributed by atoms with van der Waals surface area (Å²) < 4.78 is 0. The molecule has 115 heavy (non-hydrogen) atoms. The Hall–Kier alpha value is -12.2. The van der Waals surface area contributed by atoms with E-state index in [-0.39, 0.29) is 38.4 Å². The van der Waals surface area contributed by atoms with Crippen LogP contribution in [0.1, 0.15) is 107 Å². The zero-order chi connectivity index (χ0) is 81.3. The molecular formula is C108H105BIrN3O2-. The Balaban J connectivity index is 0.000000188. The SMILES string of the molecule is C=Cc1ccc(-c2cc(C)c(B(c3c(C)cc(C)cc3C)c3c(C)cc(C)cc3C)c(C)c2)cc1.C=Cc1ccc(-c2ccc(N(c3cccc(C)c3)c3ccc(-c4ccc(N(c5cccc(C)c5)c5cccc(C)c5)c(C)c4)cc3C)cc2C)cc1.C=Cc1ccc(CC(=O)C=C(C)O)cc1.[Ir].[c-]1ccccc1-c1ccccn1. The van der Waals surface area contributed by atoms with Crippen molar-refractivity contribution in [3.8, 4) is 44.6 Å². The van der Waals surface area contributed by atoms with Crippen molar-refractivity contribution in [2.24, 2.45) is 0 Å². The molecular weight excluding hydrogens is 1570 g/mol. The van der Waals surface area contributed by atoms with Crippen LogP contribution in [-0.4, -0.2) is 22.6 Å². The third-order valence-electron chi connectivity index (χ3n) is 20.9. The van der Waals surface area contributed by atoms with Crippen LogP contribution in [0.4, 0.5) is 34.1 Å². The first-order valence-electron chi connectivity index (χ1n) is 39.2. The van der Waals surface area contributed by atoms with Gasteiger partial charge >= 0.3 is 0 Å². The van der Waals surface area contributed by atoms with Gasteiger partial charge in [0.15, 0.2) is 5.78 Å². The molecule has 0 saturated heterocycles. The van der Waals surface area contributed by atoms with Crippen LogP contribution in [0.2, 0.25) is 0 Å². The Kier molecular flexibility index (Phi) is 29.2. The minimum Gasteiger partial charge on any atom is -0.512 e. The summed E-state index contributed by atoms with van der Waals surface area (Å²) in [6, 6.07) is 103. The molecule has 0 atom stereocenters. The maximum Gasteiger partial charge on any atom is 0.243 e. The van der Waals surface area contributed by atoms with Gasteiger partial charge in [0.1, 0.15) is 0 Å². The second-order valence-corrected chi connectivity index (χ2v) is 30.3. The number of rotatable bonds is 19. The number of aliphatic hydroxyl groups is 1. The number of carbonyl (C=O) groups excluding carboxylic acids is 1. The van der Waals surface area contributed by atoms with E-state index < -0.39 is 0 Å². The minimum absolute atomic E-state index is 0. The number of aromatic nitrogens is 1. The third kappa shape index (κ3) is 21.6. The van der Waals surface area contributed by atoms with E-state index in [4.69, 9.17) is 5.11 Å². The topological polar surface area (TPSA) is 56.7 Å². The fourth-order valence-electron chi connectivity index (χ4n) is 15.7. The van der Waals surface area contributed by atoms with E-state index in [1.165, 1.54) is 146 Å². The molecule has 0 amide bonds. The van der Waals surface area contributed by atoms with Gasteiger partial charge in [-0.1, -0.05) is 275 Å². The van der Waals surface area contributed by atoms with Gasteiger partial charge in [0, 0.05) is 72.9 Å². The Morgan fingerprint density at radius 3 is 1.17 bits per heavy atom. The van der Waals surface area contributed by atoms with Gasteiger partial charge in [-0.2, -0.15) is 0 Å². The number of aliphatic hydroxyl groups excluding tert-OH is 1. The average Bonchev–Trinajstić information content (AvgIpc) is 0.733. The molecule has 0 fully saturated rings.